The van der Waals surface area contributed by atoms with Crippen LogP contribution in [-0.2, 0) is 6.42 Å². The monoisotopic (exact) mass is 229 g/mol. The molecule has 2 nitrogen and oxygen atoms in total. The molecule has 0 fully saturated rings. The molecule has 0 saturated carbocycles. The van der Waals surface area contributed by atoms with Crippen molar-refractivity contribution in [3.63, 3.8) is 0 Å². The molecule has 0 spiro atoms. The van der Waals surface area contributed by atoms with Gasteiger partial charge in [-0.1, -0.05) is 30.7 Å². The fourth-order valence-corrected chi connectivity index (χ4v) is 1.93. The Bertz CT molecular complexity index is 489. The van der Waals surface area contributed by atoms with E-state index in [1.165, 1.54) is 5.57 Å². The Morgan fingerprint density at radius 3 is 3.00 bits per heavy atom. The minimum absolute atomic E-state index is 0.744. The highest BCUT2D eigenvalue weighted by atomic mass is 16.4. The molecule has 17 heavy (non-hydrogen) atoms. The van der Waals surface area contributed by atoms with Crippen molar-refractivity contribution < 1.29 is 4.42 Å². The van der Waals surface area contributed by atoms with Crippen molar-refractivity contribution in [2.75, 3.05) is 0 Å². The van der Waals surface area contributed by atoms with Gasteiger partial charge in [0.25, 0.3) is 0 Å². The van der Waals surface area contributed by atoms with Crippen LogP contribution in [0.4, 0.5) is 0 Å². The van der Waals surface area contributed by atoms with Crippen molar-refractivity contribution in [1.29, 1.82) is 0 Å². The van der Waals surface area contributed by atoms with Crippen molar-refractivity contribution in [2.45, 2.75) is 40.0 Å². The van der Waals surface area contributed by atoms with E-state index in [9.17, 15) is 0 Å². The Hall–Kier alpha value is -1.57. The predicted octanol–water partition coefficient (Wildman–Crippen LogP) is 4.39. The smallest absolute Gasteiger partial charge is 0.226 e. The SMILES string of the molecule is C/C=C(\C=C/CC)c1nc2c(o1)CCC(C)=C2. The summed E-state index contributed by atoms with van der Waals surface area (Å²) in [5.74, 6) is 1.77. The average Bonchev–Trinajstić information content (AvgIpc) is 2.72. The third kappa shape index (κ3) is 2.57. The summed E-state index contributed by atoms with van der Waals surface area (Å²) in [6.45, 7) is 6.28. The Morgan fingerprint density at radius 1 is 1.47 bits per heavy atom. The zero-order valence-corrected chi connectivity index (χ0v) is 10.8. The van der Waals surface area contributed by atoms with E-state index in [1.54, 1.807) is 0 Å². The minimum atomic E-state index is 0.744. The highest BCUT2D eigenvalue weighted by Crippen LogP contribution is 2.27. The average molecular weight is 229 g/mol. The van der Waals surface area contributed by atoms with Gasteiger partial charge < -0.3 is 4.42 Å². The summed E-state index contributed by atoms with van der Waals surface area (Å²) in [5.41, 5.74) is 3.45. The van der Waals surface area contributed by atoms with Gasteiger partial charge in [-0.3, -0.25) is 0 Å². The van der Waals surface area contributed by atoms with Crippen LogP contribution in [0.3, 0.4) is 0 Å². The number of rotatable bonds is 3. The predicted molar refractivity (Wildman–Crippen MR) is 71.6 cm³/mol. The van der Waals surface area contributed by atoms with Gasteiger partial charge >= 0.3 is 0 Å². The molecule has 0 atom stereocenters. The lowest BCUT2D eigenvalue weighted by Crippen LogP contribution is -1.94. The van der Waals surface area contributed by atoms with Crippen molar-refractivity contribution in [3.8, 4) is 0 Å². The number of aromatic nitrogens is 1. The number of nitrogens with zero attached hydrogens (tertiary/aromatic N) is 1. The molecule has 0 unspecified atom stereocenters. The van der Waals surface area contributed by atoms with Gasteiger partial charge in [0.15, 0.2) is 0 Å². The summed E-state index contributed by atoms with van der Waals surface area (Å²) in [6, 6.07) is 0. The topological polar surface area (TPSA) is 26.0 Å². The molecule has 0 bridgehead atoms. The van der Waals surface area contributed by atoms with Crippen LogP contribution in [0, 0.1) is 0 Å². The Labute approximate surface area is 103 Å². The Morgan fingerprint density at radius 2 is 2.29 bits per heavy atom. The summed E-state index contributed by atoms with van der Waals surface area (Å²) in [5, 5.41) is 0. The summed E-state index contributed by atoms with van der Waals surface area (Å²) in [7, 11) is 0. The first-order valence-corrected chi connectivity index (χ1v) is 6.24. The Balaban J connectivity index is 2.32. The van der Waals surface area contributed by atoms with Gasteiger partial charge in [-0.25, -0.2) is 4.98 Å². The van der Waals surface area contributed by atoms with Crippen molar-refractivity contribution in [1.82, 2.24) is 4.98 Å². The van der Waals surface area contributed by atoms with E-state index in [-0.39, 0.29) is 0 Å². The highest BCUT2D eigenvalue weighted by Gasteiger charge is 2.16. The molecule has 1 aliphatic rings. The molecule has 2 heteroatoms. The molecule has 90 valence electrons. The van der Waals surface area contributed by atoms with E-state index in [0.717, 1.165) is 42.2 Å². The highest BCUT2D eigenvalue weighted by molar-refractivity contribution is 5.69. The van der Waals surface area contributed by atoms with E-state index < -0.39 is 0 Å². The van der Waals surface area contributed by atoms with Gasteiger partial charge in [-0.2, -0.15) is 0 Å². The van der Waals surface area contributed by atoms with E-state index in [4.69, 9.17) is 4.42 Å². The number of fused-ring (bicyclic) bond motifs is 1. The second-order valence-corrected chi connectivity index (χ2v) is 4.37. The minimum Gasteiger partial charge on any atom is -0.441 e. The largest absolute Gasteiger partial charge is 0.441 e. The number of oxazole rings is 1. The number of allylic oxidation sites excluding steroid dienone is 5. The molecule has 0 saturated heterocycles. The van der Waals surface area contributed by atoms with Crippen LogP contribution < -0.4 is 0 Å². The lowest BCUT2D eigenvalue weighted by Gasteiger charge is -2.05. The summed E-state index contributed by atoms with van der Waals surface area (Å²) < 4.78 is 5.83. The van der Waals surface area contributed by atoms with E-state index in [2.05, 4.69) is 37.1 Å². The van der Waals surface area contributed by atoms with Crippen LogP contribution in [0.1, 0.15) is 51.0 Å². The number of aryl methyl sites for hydroxylation is 1. The molecule has 1 aromatic heterocycles. The van der Waals surface area contributed by atoms with Gasteiger partial charge in [0.2, 0.25) is 5.89 Å². The molecule has 0 aliphatic heterocycles. The quantitative estimate of drug-likeness (QED) is 0.718. The Kier molecular flexibility index (Phi) is 3.62. The molecular weight excluding hydrogens is 210 g/mol. The van der Waals surface area contributed by atoms with Gasteiger partial charge in [0.1, 0.15) is 11.5 Å². The van der Waals surface area contributed by atoms with Crippen LogP contribution in [0.15, 0.2) is 28.2 Å². The summed E-state index contributed by atoms with van der Waals surface area (Å²) >= 11 is 0. The zero-order chi connectivity index (χ0) is 12.3. The van der Waals surface area contributed by atoms with Crippen LogP contribution in [0.5, 0.6) is 0 Å². The van der Waals surface area contributed by atoms with Gasteiger partial charge in [0.05, 0.1) is 0 Å². The molecule has 0 amide bonds. The first kappa shape index (κ1) is 11.9. The second-order valence-electron chi connectivity index (χ2n) is 4.37. The van der Waals surface area contributed by atoms with Crippen LogP contribution >= 0.6 is 0 Å². The lowest BCUT2D eigenvalue weighted by molar-refractivity contribution is 0.489. The fourth-order valence-electron chi connectivity index (χ4n) is 1.93. The standard InChI is InChI=1S/C15H19NO/c1-4-6-7-12(5-2)15-16-13-10-11(3)8-9-14(13)17-15/h5-7,10H,4,8-9H2,1-3H3/b7-6-,12-5+. The maximum atomic E-state index is 5.83. The third-order valence-corrected chi connectivity index (χ3v) is 2.95. The molecule has 1 aromatic rings. The van der Waals surface area contributed by atoms with Crippen LogP contribution in [-0.4, -0.2) is 4.98 Å². The first-order chi connectivity index (χ1) is 8.24. The van der Waals surface area contributed by atoms with E-state index in [0.29, 0.717) is 0 Å². The van der Waals surface area contributed by atoms with Crippen molar-refractivity contribution >= 4 is 11.6 Å². The summed E-state index contributed by atoms with van der Waals surface area (Å²) in [6.07, 6.45) is 11.4. The van der Waals surface area contributed by atoms with Crippen molar-refractivity contribution in [2.24, 2.45) is 0 Å². The normalized spacial score (nSPS) is 16.2. The van der Waals surface area contributed by atoms with E-state index >= 15 is 0 Å². The van der Waals surface area contributed by atoms with Gasteiger partial charge in [-0.15, -0.1) is 0 Å². The lowest BCUT2D eigenvalue weighted by atomic mass is 10.0. The van der Waals surface area contributed by atoms with Crippen LogP contribution in [0.25, 0.3) is 11.6 Å². The maximum Gasteiger partial charge on any atom is 0.226 e. The third-order valence-electron chi connectivity index (χ3n) is 2.95. The summed E-state index contributed by atoms with van der Waals surface area (Å²) in [4.78, 5) is 4.56. The molecule has 0 radical (unpaired) electrons. The molecular formula is C15H19NO. The molecule has 0 N–H and O–H groups in total. The number of hydrogen-bond acceptors (Lipinski definition) is 2. The van der Waals surface area contributed by atoms with Crippen LogP contribution in [0.2, 0.25) is 0 Å². The molecule has 0 aromatic carbocycles. The molecule has 1 heterocycles. The zero-order valence-electron chi connectivity index (χ0n) is 10.8. The van der Waals surface area contributed by atoms with Gasteiger partial charge in [-0.05, 0) is 32.8 Å². The molecule has 2 rings (SSSR count). The molecule has 1 aliphatic carbocycles. The maximum absolute atomic E-state index is 5.83. The fraction of sp³-hybridized carbons (Fsp3) is 0.400. The van der Waals surface area contributed by atoms with Crippen molar-refractivity contribution in [3.05, 3.63) is 41.1 Å². The number of hydrogen-bond donors (Lipinski definition) is 0. The second kappa shape index (κ2) is 5.17. The van der Waals surface area contributed by atoms with Gasteiger partial charge in [0, 0.05) is 12.0 Å². The first-order valence-electron chi connectivity index (χ1n) is 6.24. The van der Waals surface area contributed by atoms with E-state index in [1.807, 2.05) is 13.0 Å².